The lowest BCUT2D eigenvalue weighted by molar-refractivity contribution is -0.711. The third-order valence-corrected chi connectivity index (χ3v) is 6.68. The van der Waals surface area contributed by atoms with Gasteiger partial charge in [-0.3, -0.25) is 0 Å². The van der Waals surface area contributed by atoms with Crippen LogP contribution >= 0.6 is 0 Å². The molecule has 31 heavy (non-hydrogen) atoms. The Balaban J connectivity index is 0.000000311. The molecule has 3 amide bonds. The van der Waals surface area contributed by atoms with Gasteiger partial charge in [0.25, 0.3) is 0 Å². The van der Waals surface area contributed by atoms with Gasteiger partial charge in [0.05, 0.1) is 13.7 Å². The van der Waals surface area contributed by atoms with E-state index >= 15 is 0 Å². The molecule has 2 rings (SSSR count). The molecule has 19 heteroatoms. The number of halogens is 6. The van der Waals surface area contributed by atoms with Gasteiger partial charge in [-0.15, -0.1) is 0 Å². The highest BCUT2D eigenvalue weighted by molar-refractivity contribution is 8.13. The summed E-state index contributed by atoms with van der Waals surface area (Å²) in [5.74, 6) is 0.599. The van der Waals surface area contributed by atoms with Gasteiger partial charge in [0, 0.05) is 20.6 Å². The molecule has 0 spiro atoms. The van der Waals surface area contributed by atoms with E-state index in [0.29, 0.717) is 17.3 Å². The fourth-order valence-electron chi connectivity index (χ4n) is 2.45. The van der Waals surface area contributed by atoms with Crippen LogP contribution in [0.15, 0.2) is 11.5 Å². The number of hydrogen-bond acceptors (Lipinski definition) is 8. The maximum Gasteiger partial charge on any atom is 0.480 e. The van der Waals surface area contributed by atoms with Crippen molar-refractivity contribution in [2.45, 2.75) is 17.9 Å². The zero-order valence-corrected chi connectivity index (χ0v) is 17.9. The zero-order valence-electron chi connectivity index (χ0n) is 16.2. The van der Waals surface area contributed by atoms with Crippen LogP contribution in [0.1, 0.15) is 6.92 Å². The minimum atomic E-state index is -6.72. The van der Waals surface area contributed by atoms with Crippen LogP contribution in [-0.2, 0) is 24.8 Å². The summed E-state index contributed by atoms with van der Waals surface area (Å²) in [6.45, 7) is 3.46. The van der Waals surface area contributed by atoms with E-state index in [9.17, 15) is 52.8 Å². The third-order valence-electron chi connectivity index (χ3n) is 3.94. The Morgan fingerprint density at radius 1 is 0.968 bits per heavy atom. The molecule has 0 radical (unpaired) electrons. The highest BCUT2D eigenvalue weighted by Crippen LogP contribution is 2.36. The molecule has 0 aromatic rings. The molecule has 0 bridgehead atoms. The van der Waals surface area contributed by atoms with Crippen molar-refractivity contribution in [2.75, 3.05) is 34.4 Å². The van der Waals surface area contributed by atoms with Gasteiger partial charge in [0.15, 0.2) is 31.6 Å². The van der Waals surface area contributed by atoms with Crippen LogP contribution in [0.5, 0.6) is 0 Å². The summed E-state index contributed by atoms with van der Waals surface area (Å²) in [6.07, 6.45) is 0. The molecule has 0 saturated heterocycles. The third kappa shape index (κ3) is 5.21. The molecular weight excluding hydrogens is 488 g/mol. The van der Waals surface area contributed by atoms with Gasteiger partial charge in [-0.1, -0.05) is 0 Å². The van der Waals surface area contributed by atoms with Crippen LogP contribution < -0.4 is 4.90 Å². The van der Waals surface area contributed by atoms with Crippen LogP contribution in [0.2, 0.25) is 0 Å². The lowest BCUT2D eigenvalue weighted by Gasteiger charge is -2.29. The Bertz CT molecular complexity index is 948. The van der Waals surface area contributed by atoms with Crippen molar-refractivity contribution < 1.29 is 57.7 Å². The average Bonchev–Trinajstić information content (AvgIpc) is 2.92. The molecule has 180 valence electrons. The number of urea groups is 1. The van der Waals surface area contributed by atoms with Crippen LogP contribution in [0.25, 0.3) is 4.13 Å². The number of amides is 3. The number of carbonyl (C=O) groups is 2. The van der Waals surface area contributed by atoms with E-state index in [1.807, 2.05) is 23.8 Å². The number of carbonyl (C=O) groups excluding carboxylic acids is 2. The quantitative estimate of drug-likeness (QED) is 0.511. The number of alkyl halides is 6. The van der Waals surface area contributed by atoms with E-state index in [2.05, 4.69) is 0 Å². The van der Waals surface area contributed by atoms with E-state index in [-0.39, 0.29) is 11.9 Å². The van der Waals surface area contributed by atoms with Crippen LogP contribution in [0.4, 0.5) is 31.1 Å². The molecule has 2 heterocycles. The van der Waals surface area contributed by atoms with Crippen LogP contribution in [0, 0.1) is 0 Å². The van der Waals surface area contributed by atoms with Gasteiger partial charge < -0.3 is 13.9 Å². The summed E-state index contributed by atoms with van der Waals surface area (Å²) >= 11 is 0. The minimum Gasteiger partial charge on any atom is -0.421 e. The van der Waals surface area contributed by atoms with Crippen molar-refractivity contribution in [1.29, 1.82) is 0 Å². The van der Waals surface area contributed by atoms with E-state index in [0.717, 1.165) is 16.5 Å². The second-order valence-corrected chi connectivity index (χ2v) is 9.52. The molecule has 2 aliphatic heterocycles. The highest BCUT2D eigenvalue weighted by atomic mass is 32.3. The number of likely N-dealkylation sites (N-methyl/N-ethyl adjacent to an activating group) is 2. The molecule has 1 N–H and O–H groups in total. The first-order valence-electron chi connectivity index (χ1n) is 7.93. The van der Waals surface area contributed by atoms with Gasteiger partial charge in [0.2, 0.25) is 0 Å². The topological polar surface area (TPSA) is 131 Å². The summed E-state index contributed by atoms with van der Waals surface area (Å²) in [5, 5.41) is 0. The van der Waals surface area contributed by atoms with E-state index < -0.39 is 31.1 Å². The maximum atomic E-state index is 12.0. The first-order chi connectivity index (χ1) is 13.7. The normalized spacial score (nSPS) is 20.7. The van der Waals surface area contributed by atoms with Crippen molar-refractivity contribution in [1.82, 2.24) is 14.7 Å². The Morgan fingerprint density at radius 3 is 1.74 bits per heavy atom. The molecule has 11 nitrogen and oxygen atoms in total. The largest absolute Gasteiger partial charge is 0.480 e. The summed E-state index contributed by atoms with van der Waals surface area (Å²) in [6, 6.07) is -0.197. The maximum absolute atomic E-state index is 12.0. The Labute approximate surface area is 172 Å². The number of nitrogens with zero attached hydrogens (tertiary/aromatic N) is 4. The van der Waals surface area contributed by atoms with Gasteiger partial charge in [0.1, 0.15) is 0 Å². The summed E-state index contributed by atoms with van der Waals surface area (Å²) in [4.78, 5) is 29.6. The molecule has 0 saturated carbocycles. The molecular formula is C12H17F6N5O6S2. The first kappa shape index (κ1) is 26.9. The Kier molecular flexibility index (Phi) is 7.32. The molecule has 1 atom stereocenters. The zero-order chi connectivity index (χ0) is 24.7. The molecule has 1 unspecified atom stereocenters. The molecule has 0 aromatic carbocycles. The van der Waals surface area contributed by atoms with Crippen molar-refractivity contribution in [2.24, 2.45) is 0 Å². The number of rotatable bonds is 3. The van der Waals surface area contributed by atoms with Crippen molar-refractivity contribution in [3.05, 3.63) is 15.6 Å². The first-order valence-corrected chi connectivity index (χ1v) is 10.8. The number of hydrogen-bond donors (Lipinski definition) is 1. The summed E-state index contributed by atoms with van der Waals surface area (Å²) in [7, 11) is -8.26. The van der Waals surface area contributed by atoms with Crippen LogP contribution in [0.3, 0.4) is 0 Å². The van der Waals surface area contributed by atoms with Crippen LogP contribution in [-0.4, -0.2) is 88.8 Å². The van der Waals surface area contributed by atoms with Crippen molar-refractivity contribution in [3.63, 3.8) is 0 Å². The predicted octanol–water partition coefficient (Wildman–Crippen LogP) is -0.454. The van der Waals surface area contributed by atoms with Crippen molar-refractivity contribution in [3.8, 4) is 0 Å². The predicted molar refractivity (Wildman–Crippen MR) is 90.4 cm³/mol. The monoisotopic (exact) mass is 505 g/mol. The number of quaternary nitrogens is 1. The van der Waals surface area contributed by atoms with E-state index in [1.54, 1.807) is 19.0 Å². The fraction of sp³-hybridized carbons (Fsp3) is 0.667. The second-order valence-electron chi connectivity index (χ2n) is 6.10. The number of nitrogens with one attached hydrogen (secondary N) is 1. The standard InChI is InChI=1S/C10H16N4O2.C2F6NO4S2/c1-5-14-6-11(2)7-8(14)12(3)10(16)13(4)9(7)15;3-1(4,5)14(10,11)9-15(12,13)2(6,7)8/h5-6H2,1-4H3;/q;-1/p+1. The fourth-order valence-corrected chi connectivity index (χ4v) is 4.16. The Hall–Kier alpha value is -2.12. The SMILES string of the molecule is CCN1CN(C)C2=C1N(C)C(=O)[NH+](C)C2=O.O=S(=O)([N-]S(=O)(=O)C(F)(F)F)C(F)(F)F. The lowest BCUT2D eigenvalue weighted by atomic mass is 10.3. The average molecular weight is 505 g/mol. The number of imide groups is 1. The molecule has 2 aliphatic rings. The smallest absolute Gasteiger partial charge is 0.421 e. The minimum absolute atomic E-state index is 0.142. The van der Waals surface area contributed by atoms with Crippen molar-refractivity contribution >= 4 is 32.0 Å². The van der Waals surface area contributed by atoms with E-state index in [4.69, 9.17) is 0 Å². The lowest BCUT2D eigenvalue weighted by Crippen LogP contribution is -3.16. The highest BCUT2D eigenvalue weighted by Gasteiger charge is 2.48. The number of sulfonamides is 2. The summed E-state index contributed by atoms with van der Waals surface area (Å²) in [5.41, 5.74) is -11.8. The second kappa shape index (κ2) is 8.43. The summed E-state index contributed by atoms with van der Waals surface area (Å²) < 4.78 is 109. The van der Waals surface area contributed by atoms with Gasteiger partial charge in [-0.2, -0.15) is 31.2 Å². The molecule has 0 aromatic heterocycles. The van der Waals surface area contributed by atoms with Gasteiger partial charge in [-0.05, 0) is 6.92 Å². The van der Waals surface area contributed by atoms with Gasteiger partial charge in [-0.25, -0.2) is 31.3 Å². The molecule has 0 fully saturated rings. The van der Waals surface area contributed by atoms with Gasteiger partial charge >= 0.3 is 23.0 Å². The Morgan fingerprint density at radius 2 is 1.39 bits per heavy atom. The van der Waals surface area contributed by atoms with E-state index in [1.165, 1.54) is 0 Å². The molecule has 0 aliphatic carbocycles.